The summed E-state index contributed by atoms with van der Waals surface area (Å²) in [6, 6.07) is 12.8. The molecule has 0 aliphatic carbocycles. The molecule has 6 nitrogen and oxygen atoms in total. The van der Waals surface area contributed by atoms with Crippen LogP contribution in [0.2, 0.25) is 0 Å². The van der Waals surface area contributed by atoms with E-state index in [1.165, 1.54) is 0 Å². The summed E-state index contributed by atoms with van der Waals surface area (Å²) >= 11 is 0. The molecule has 170 valence electrons. The Kier molecular flexibility index (Phi) is 5.74. The third-order valence-corrected chi connectivity index (χ3v) is 8.22. The van der Waals surface area contributed by atoms with Crippen LogP contribution in [0.25, 0.3) is 28.0 Å². The van der Waals surface area contributed by atoms with Crippen molar-refractivity contribution in [2.24, 2.45) is 18.0 Å². The Morgan fingerprint density at radius 2 is 1.85 bits per heavy atom. The molecule has 33 heavy (non-hydrogen) atoms. The van der Waals surface area contributed by atoms with Crippen LogP contribution in [0.15, 0.2) is 59.9 Å². The lowest BCUT2D eigenvalue weighted by atomic mass is 9.92. The summed E-state index contributed by atoms with van der Waals surface area (Å²) < 4.78 is 25.6. The van der Waals surface area contributed by atoms with Crippen LogP contribution in [0, 0.1) is 5.92 Å². The molecule has 2 aliphatic heterocycles. The molecule has 0 radical (unpaired) electrons. The molecule has 1 saturated heterocycles. The van der Waals surface area contributed by atoms with E-state index < -0.39 is 9.84 Å². The van der Waals surface area contributed by atoms with E-state index in [9.17, 15) is 8.42 Å². The maximum absolute atomic E-state index is 11.9. The van der Waals surface area contributed by atoms with Crippen LogP contribution in [0.5, 0.6) is 0 Å². The average Bonchev–Trinajstić information content (AvgIpc) is 3.43. The Morgan fingerprint density at radius 3 is 2.55 bits per heavy atom. The molecule has 0 amide bonds. The molecule has 1 atom stereocenters. The van der Waals surface area contributed by atoms with Crippen LogP contribution >= 0.6 is 0 Å². The molecule has 1 fully saturated rings. The number of hydrogen-bond acceptors (Lipinski definition) is 5. The lowest BCUT2D eigenvalue weighted by Crippen LogP contribution is -2.24. The monoisotopic (exact) mass is 460 g/mol. The minimum atomic E-state index is -2.88. The van der Waals surface area contributed by atoms with Crippen molar-refractivity contribution in [3.63, 3.8) is 0 Å². The molecule has 2 aromatic heterocycles. The van der Waals surface area contributed by atoms with Gasteiger partial charge < -0.3 is 0 Å². The molecule has 5 rings (SSSR count). The van der Waals surface area contributed by atoms with Gasteiger partial charge in [0.25, 0.3) is 0 Å². The standard InChI is InChI=1S/C26H28N4O2S/c1-18-12-22(15-27-18)20-4-3-5-21(14-20)25-7-6-24(23-16-28-30(2)17-23)26(29-25)13-19-8-10-33(31,32)11-9-19/h3-7,12,14-19H,8-11,13H2,1-2H3. The molecular weight excluding hydrogens is 432 g/mol. The summed E-state index contributed by atoms with van der Waals surface area (Å²) in [5.41, 5.74) is 7.36. The molecule has 0 spiro atoms. The van der Waals surface area contributed by atoms with Gasteiger partial charge in [-0.3, -0.25) is 14.7 Å². The topological polar surface area (TPSA) is 77.2 Å². The predicted molar refractivity (Wildman–Crippen MR) is 133 cm³/mol. The zero-order chi connectivity index (χ0) is 23.0. The SMILES string of the molecule is CC1C=C(c2cccc(-c3ccc(-c4cnn(C)c4)c(CC4CCS(=O)(=O)CC4)n3)c2)C=N1. The highest BCUT2D eigenvalue weighted by molar-refractivity contribution is 7.91. The van der Waals surface area contributed by atoms with Crippen LogP contribution in [-0.4, -0.2) is 46.9 Å². The molecule has 4 heterocycles. The first-order valence-corrected chi connectivity index (χ1v) is 13.2. The summed E-state index contributed by atoms with van der Waals surface area (Å²) in [6.45, 7) is 2.08. The Balaban J connectivity index is 1.50. The first-order valence-electron chi connectivity index (χ1n) is 11.4. The number of nitrogens with zero attached hydrogens (tertiary/aromatic N) is 4. The fourth-order valence-corrected chi connectivity index (χ4v) is 6.22. The maximum Gasteiger partial charge on any atom is 0.150 e. The van der Waals surface area contributed by atoms with E-state index in [1.54, 1.807) is 4.68 Å². The Hall–Kier alpha value is -3.06. The number of aliphatic imine (C=N–C) groups is 1. The van der Waals surface area contributed by atoms with E-state index in [0.29, 0.717) is 18.8 Å². The van der Waals surface area contributed by atoms with Gasteiger partial charge in [0, 0.05) is 41.8 Å². The van der Waals surface area contributed by atoms with Crippen LogP contribution in [0.1, 0.15) is 31.0 Å². The molecule has 0 bridgehead atoms. The summed E-state index contributed by atoms with van der Waals surface area (Å²) in [6.07, 6.45) is 10.1. The zero-order valence-electron chi connectivity index (χ0n) is 19.0. The fraction of sp³-hybridized carbons (Fsp3) is 0.346. The highest BCUT2D eigenvalue weighted by Gasteiger charge is 2.25. The van der Waals surface area contributed by atoms with Crippen LogP contribution < -0.4 is 0 Å². The van der Waals surface area contributed by atoms with Crippen molar-refractivity contribution < 1.29 is 8.42 Å². The van der Waals surface area contributed by atoms with E-state index in [0.717, 1.165) is 45.6 Å². The highest BCUT2D eigenvalue weighted by Crippen LogP contribution is 2.31. The van der Waals surface area contributed by atoms with E-state index in [2.05, 4.69) is 59.5 Å². The van der Waals surface area contributed by atoms with Crippen molar-refractivity contribution in [2.75, 3.05) is 11.5 Å². The maximum atomic E-state index is 11.9. The molecule has 0 N–H and O–H groups in total. The molecule has 2 aliphatic rings. The number of hydrogen-bond donors (Lipinski definition) is 0. The zero-order valence-corrected chi connectivity index (χ0v) is 19.8. The number of aromatic nitrogens is 3. The van der Waals surface area contributed by atoms with Gasteiger partial charge in [0.05, 0.1) is 29.4 Å². The van der Waals surface area contributed by atoms with Gasteiger partial charge in [0.2, 0.25) is 0 Å². The number of pyridine rings is 1. The fourth-order valence-electron chi connectivity index (χ4n) is 4.63. The van der Waals surface area contributed by atoms with Crippen LogP contribution in [-0.2, 0) is 23.3 Å². The van der Waals surface area contributed by atoms with Crippen LogP contribution in [0.3, 0.4) is 0 Å². The first kappa shape index (κ1) is 21.8. The lowest BCUT2D eigenvalue weighted by molar-refractivity contribution is 0.459. The molecule has 1 unspecified atom stereocenters. The van der Waals surface area contributed by atoms with Gasteiger partial charge in [-0.1, -0.05) is 30.3 Å². The smallest absolute Gasteiger partial charge is 0.150 e. The van der Waals surface area contributed by atoms with Crippen LogP contribution in [0.4, 0.5) is 0 Å². The molecule has 0 saturated carbocycles. The van der Waals surface area contributed by atoms with Gasteiger partial charge in [-0.2, -0.15) is 5.10 Å². The second kappa shape index (κ2) is 8.71. The summed E-state index contributed by atoms with van der Waals surface area (Å²) in [7, 11) is -0.978. The lowest BCUT2D eigenvalue weighted by Gasteiger charge is -2.22. The van der Waals surface area contributed by atoms with E-state index in [-0.39, 0.29) is 17.5 Å². The average molecular weight is 461 g/mol. The molecule has 1 aromatic carbocycles. The molecule has 3 aromatic rings. The number of aryl methyl sites for hydroxylation is 1. The summed E-state index contributed by atoms with van der Waals surface area (Å²) in [5.74, 6) is 0.868. The van der Waals surface area contributed by atoms with E-state index in [4.69, 9.17) is 4.98 Å². The summed E-state index contributed by atoms with van der Waals surface area (Å²) in [4.78, 5) is 9.55. The van der Waals surface area contributed by atoms with Gasteiger partial charge in [-0.05, 0) is 55.4 Å². The van der Waals surface area contributed by atoms with Gasteiger partial charge in [-0.25, -0.2) is 8.42 Å². The third kappa shape index (κ3) is 4.83. The first-order chi connectivity index (χ1) is 15.9. The van der Waals surface area contributed by atoms with Crippen molar-refractivity contribution >= 4 is 21.6 Å². The van der Waals surface area contributed by atoms with E-state index in [1.807, 2.05) is 25.7 Å². The Labute approximate surface area is 195 Å². The van der Waals surface area contributed by atoms with Gasteiger partial charge in [-0.15, -0.1) is 0 Å². The number of benzene rings is 1. The van der Waals surface area contributed by atoms with Gasteiger partial charge in [0.1, 0.15) is 9.84 Å². The quantitative estimate of drug-likeness (QED) is 0.566. The predicted octanol–water partition coefficient (Wildman–Crippen LogP) is 4.37. The molecule has 7 heteroatoms. The Morgan fingerprint density at radius 1 is 1.06 bits per heavy atom. The van der Waals surface area contributed by atoms with Crippen molar-refractivity contribution in [2.45, 2.75) is 32.2 Å². The van der Waals surface area contributed by atoms with Gasteiger partial charge in [0.15, 0.2) is 0 Å². The largest absolute Gasteiger partial charge is 0.285 e. The minimum absolute atomic E-state index is 0.214. The van der Waals surface area contributed by atoms with Gasteiger partial charge >= 0.3 is 0 Å². The normalized spacial score (nSPS) is 20.2. The number of sulfone groups is 1. The number of allylic oxidation sites excluding steroid dienone is 1. The third-order valence-electron chi connectivity index (χ3n) is 6.51. The second-order valence-corrected chi connectivity index (χ2v) is 11.4. The van der Waals surface area contributed by atoms with E-state index >= 15 is 0 Å². The van der Waals surface area contributed by atoms with Crippen molar-refractivity contribution in [1.29, 1.82) is 0 Å². The number of rotatable bonds is 5. The Bertz CT molecular complexity index is 1340. The van der Waals surface area contributed by atoms with Crippen molar-refractivity contribution in [1.82, 2.24) is 14.8 Å². The highest BCUT2D eigenvalue weighted by atomic mass is 32.2. The summed E-state index contributed by atoms with van der Waals surface area (Å²) in [5, 5.41) is 4.33. The second-order valence-electron chi connectivity index (χ2n) is 9.11. The minimum Gasteiger partial charge on any atom is -0.285 e. The molecular formula is C26H28N4O2S. The van der Waals surface area contributed by atoms with Crippen molar-refractivity contribution in [3.05, 3.63) is 66.1 Å². The van der Waals surface area contributed by atoms with Crippen molar-refractivity contribution in [3.8, 4) is 22.4 Å².